The Morgan fingerprint density at radius 3 is 2.32 bits per heavy atom. The molecule has 12 heteroatoms. The van der Waals surface area contributed by atoms with Crippen molar-refractivity contribution in [1.29, 1.82) is 0 Å². The third-order valence-electron chi connectivity index (χ3n) is 5.76. The molecule has 0 aromatic heterocycles. The summed E-state index contributed by atoms with van der Waals surface area (Å²) < 4.78 is 42.5. The zero-order valence-electron chi connectivity index (χ0n) is 20.8. The minimum atomic E-state index is -4.37. The maximum atomic E-state index is 14.5. The molecule has 0 aliphatic carbocycles. The van der Waals surface area contributed by atoms with E-state index in [1.165, 1.54) is 67.6 Å². The third-order valence-corrected chi connectivity index (χ3v) is 7.54. The number of likely N-dealkylation sites (N-methyl/N-ethyl adjacent to an activating group) is 1. The molecule has 3 aromatic rings. The van der Waals surface area contributed by atoms with Crippen LogP contribution in [-0.4, -0.2) is 49.2 Å². The number of hydrogen-bond acceptors (Lipinski definition) is 6. The Balaban J connectivity index is 2.07. The number of rotatable bonds is 11. The second kappa shape index (κ2) is 12.3. The predicted molar refractivity (Wildman–Crippen MR) is 139 cm³/mol. The Labute approximate surface area is 219 Å². The van der Waals surface area contributed by atoms with Crippen LogP contribution in [0.2, 0.25) is 0 Å². The molecule has 0 bridgehead atoms. The maximum absolute atomic E-state index is 14.5. The van der Waals surface area contributed by atoms with E-state index in [-0.39, 0.29) is 34.9 Å². The average Bonchev–Trinajstić information content (AvgIpc) is 2.91. The summed E-state index contributed by atoms with van der Waals surface area (Å²) in [6, 6.07) is 16.8. The Hall–Kier alpha value is -4.32. The van der Waals surface area contributed by atoms with E-state index >= 15 is 0 Å². The fourth-order valence-corrected chi connectivity index (χ4v) is 5.15. The highest BCUT2D eigenvalue weighted by atomic mass is 32.2. The van der Waals surface area contributed by atoms with Crippen LogP contribution in [0.4, 0.5) is 15.8 Å². The van der Waals surface area contributed by atoms with E-state index in [4.69, 9.17) is 0 Å². The van der Waals surface area contributed by atoms with Crippen molar-refractivity contribution < 1.29 is 27.3 Å². The maximum Gasteiger partial charge on any atom is 0.271 e. The van der Waals surface area contributed by atoms with Crippen molar-refractivity contribution >= 4 is 33.2 Å². The Bertz CT molecular complexity index is 1420. The first-order valence-electron chi connectivity index (χ1n) is 11.7. The largest absolute Gasteiger partial charge is 0.355 e. The summed E-state index contributed by atoms with van der Waals surface area (Å²) in [7, 11) is -4.37. The lowest BCUT2D eigenvalue weighted by atomic mass is 10.1. The lowest BCUT2D eigenvalue weighted by Crippen LogP contribution is -2.51. The molecule has 0 fully saturated rings. The van der Waals surface area contributed by atoms with E-state index in [0.29, 0.717) is 0 Å². The topological polar surface area (TPSA) is 130 Å². The Morgan fingerprint density at radius 2 is 1.68 bits per heavy atom. The lowest BCUT2D eigenvalue weighted by molar-refractivity contribution is -0.384. The van der Waals surface area contributed by atoms with Crippen LogP contribution in [-0.2, 0) is 26.2 Å². The van der Waals surface area contributed by atoms with Crippen LogP contribution >= 0.6 is 0 Å². The lowest BCUT2D eigenvalue weighted by Gasteiger charge is -2.32. The Kier molecular flexibility index (Phi) is 9.13. The van der Waals surface area contributed by atoms with Crippen molar-refractivity contribution in [2.75, 3.05) is 17.4 Å². The molecule has 0 heterocycles. The number of halogens is 1. The number of benzene rings is 3. The van der Waals surface area contributed by atoms with Gasteiger partial charge in [-0.2, -0.15) is 0 Å². The standard InChI is InChI=1S/C26H27FN4O6S/c1-3-28-26(33)19(2)29(17-20-10-7-8-15-24(20)27)25(32)18-30(21-11-9-12-22(16-21)31(34)35)38(36,37)23-13-5-4-6-14-23/h4-16,19H,3,17-18H2,1-2H3,(H,28,33). The van der Waals surface area contributed by atoms with E-state index in [2.05, 4.69) is 5.32 Å². The van der Waals surface area contributed by atoms with Gasteiger partial charge in [0.2, 0.25) is 11.8 Å². The molecule has 2 amide bonds. The highest BCUT2D eigenvalue weighted by Crippen LogP contribution is 2.27. The summed E-state index contributed by atoms with van der Waals surface area (Å²) in [4.78, 5) is 38.0. The number of carbonyl (C=O) groups excluding carboxylic acids is 2. The van der Waals surface area contributed by atoms with Gasteiger partial charge in [0, 0.05) is 30.8 Å². The van der Waals surface area contributed by atoms with Gasteiger partial charge in [-0.3, -0.25) is 24.0 Å². The van der Waals surface area contributed by atoms with Crippen molar-refractivity contribution in [2.45, 2.75) is 31.3 Å². The van der Waals surface area contributed by atoms with Crippen LogP contribution in [0.5, 0.6) is 0 Å². The molecule has 38 heavy (non-hydrogen) atoms. The van der Waals surface area contributed by atoms with Gasteiger partial charge < -0.3 is 10.2 Å². The quantitative estimate of drug-likeness (QED) is 0.292. The molecule has 0 radical (unpaired) electrons. The van der Waals surface area contributed by atoms with Crippen molar-refractivity contribution in [1.82, 2.24) is 10.2 Å². The highest BCUT2D eigenvalue weighted by Gasteiger charge is 2.33. The number of sulfonamides is 1. The summed E-state index contributed by atoms with van der Waals surface area (Å²) in [5.41, 5.74) is -0.361. The monoisotopic (exact) mass is 542 g/mol. The molecule has 0 aliphatic rings. The second-order valence-electron chi connectivity index (χ2n) is 8.29. The fourth-order valence-electron chi connectivity index (χ4n) is 3.72. The molecule has 1 unspecified atom stereocenters. The Morgan fingerprint density at radius 1 is 1.03 bits per heavy atom. The van der Waals surface area contributed by atoms with Crippen LogP contribution < -0.4 is 9.62 Å². The van der Waals surface area contributed by atoms with Crippen molar-refractivity contribution in [2.24, 2.45) is 0 Å². The van der Waals surface area contributed by atoms with Gasteiger partial charge >= 0.3 is 0 Å². The van der Waals surface area contributed by atoms with Gasteiger partial charge in [-0.1, -0.05) is 42.5 Å². The first kappa shape index (κ1) is 28.3. The number of nitro groups is 1. The van der Waals surface area contributed by atoms with Crippen LogP contribution in [0.25, 0.3) is 0 Å². The normalized spacial score (nSPS) is 11.9. The van der Waals surface area contributed by atoms with E-state index in [0.717, 1.165) is 15.3 Å². The third kappa shape index (κ3) is 6.51. The number of non-ortho nitro benzene ring substituents is 1. The van der Waals surface area contributed by atoms with Crippen molar-refractivity contribution in [3.05, 3.63) is 100 Å². The molecule has 0 spiro atoms. The molecular formula is C26H27FN4O6S. The van der Waals surface area contributed by atoms with Gasteiger partial charge in [0.25, 0.3) is 15.7 Å². The zero-order valence-corrected chi connectivity index (χ0v) is 21.6. The molecule has 3 aromatic carbocycles. The van der Waals surface area contributed by atoms with Crippen LogP contribution in [0, 0.1) is 15.9 Å². The smallest absolute Gasteiger partial charge is 0.271 e. The molecular weight excluding hydrogens is 515 g/mol. The van der Waals surface area contributed by atoms with Gasteiger partial charge in [0.1, 0.15) is 18.4 Å². The highest BCUT2D eigenvalue weighted by molar-refractivity contribution is 7.92. The van der Waals surface area contributed by atoms with E-state index in [9.17, 15) is 32.5 Å². The SMILES string of the molecule is CCNC(=O)C(C)N(Cc1ccccc1F)C(=O)CN(c1cccc([N+](=O)[O-])c1)S(=O)(=O)c1ccccc1. The van der Waals surface area contributed by atoms with Crippen molar-refractivity contribution in [3.63, 3.8) is 0 Å². The first-order chi connectivity index (χ1) is 18.1. The molecule has 10 nitrogen and oxygen atoms in total. The molecule has 0 aliphatic heterocycles. The van der Waals surface area contributed by atoms with Crippen LogP contribution in [0.1, 0.15) is 19.4 Å². The molecule has 0 saturated heterocycles. The number of nitrogens with zero attached hydrogens (tertiary/aromatic N) is 3. The molecule has 200 valence electrons. The summed E-state index contributed by atoms with van der Waals surface area (Å²) in [5.74, 6) is -1.91. The predicted octanol–water partition coefficient (Wildman–Crippen LogP) is 3.48. The molecule has 1 N–H and O–H groups in total. The van der Waals surface area contributed by atoms with E-state index < -0.39 is 45.2 Å². The van der Waals surface area contributed by atoms with Gasteiger partial charge in [0.15, 0.2) is 0 Å². The van der Waals surface area contributed by atoms with Gasteiger partial charge in [-0.05, 0) is 38.1 Å². The zero-order chi connectivity index (χ0) is 27.9. The second-order valence-corrected chi connectivity index (χ2v) is 10.1. The first-order valence-corrected chi connectivity index (χ1v) is 13.1. The molecule has 1 atom stereocenters. The minimum Gasteiger partial charge on any atom is -0.355 e. The van der Waals surface area contributed by atoms with Gasteiger partial charge in [0.05, 0.1) is 15.5 Å². The summed E-state index contributed by atoms with van der Waals surface area (Å²) in [6.45, 7) is 2.33. The summed E-state index contributed by atoms with van der Waals surface area (Å²) in [6.07, 6.45) is 0. The number of hydrogen-bond donors (Lipinski definition) is 1. The number of carbonyl (C=O) groups is 2. The average molecular weight is 543 g/mol. The van der Waals surface area contributed by atoms with Crippen LogP contribution in [0.3, 0.4) is 0 Å². The van der Waals surface area contributed by atoms with E-state index in [1.807, 2.05) is 0 Å². The van der Waals surface area contributed by atoms with Crippen molar-refractivity contribution in [3.8, 4) is 0 Å². The molecule has 0 saturated carbocycles. The minimum absolute atomic E-state index is 0.118. The number of amides is 2. The molecule has 3 rings (SSSR count). The number of nitrogens with one attached hydrogen (secondary N) is 1. The summed E-state index contributed by atoms with van der Waals surface area (Å²) in [5, 5.41) is 14.0. The van der Waals surface area contributed by atoms with Gasteiger partial charge in [-0.15, -0.1) is 0 Å². The van der Waals surface area contributed by atoms with Crippen LogP contribution in [0.15, 0.2) is 83.8 Å². The number of nitro benzene ring substituents is 1. The van der Waals surface area contributed by atoms with E-state index in [1.54, 1.807) is 19.1 Å². The fraction of sp³-hybridized carbons (Fsp3) is 0.231. The summed E-state index contributed by atoms with van der Waals surface area (Å²) >= 11 is 0. The van der Waals surface area contributed by atoms with Gasteiger partial charge in [-0.25, -0.2) is 12.8 Å². The number of anilines is 1.